The molecular weight excluding hydrogens is 386 g/mol. The molecule has 162 valence electrons. The van der Waals surface area contributed by atoms with Crippen molar-refractivity contribution in [2.45, 2.75) is 39.4 Å². The zero-order valence-corrected chi connectivity index (χ0v) is 18.2. The lowest BCUT2D eigenvalue weighted by molar-refractivity contribution is 0.677. The number of hydrogen-bond donors (Lipinski definition) is 2. The van der Waals surface area contributed by atoms with Gasteiger partial charge >= 0.3 is 0 Å². The molecule has 7 heteroatoms. The molecule has 0 bridgehead atoms. The van der Waals surface area contributed by atoms with Gasteiger partial charge in [0.15, 0.2) is 5.96 Å². The van der Waals surface area contributed by atoms with E-state index < -0.39 is 0 Å². The second-order valence-corrected chi connectivity index (χ2v) is 7.74. The van der Waals surface area contributed by atoms with Crippen LogP contribution in [0, 0.1) is 0 Å². The topological polar surface area (TPSA) is 70.4 Å². The van der Waals surface area contributed by atoms with Gasteiger partial charge in [0.25, 0.3) is 0 Å². The van der Waals surface area contributed by atoms with Crippen molar-refractivity contribution in [1.82, 2.24) is 25.4 Å². The first-order valence-electron chi connectivity index (χ1n) is 11.1. The zero-order valence-electron chi connectivity index (χ0n) is 18.2. The summed E-state index contributed by atoms with van der Waals surface area (Å²) in [6.07, 6.45) is 8.26. The first-order valence-corrected chi connectivity index (χ1v) is 11.1. The van der Waals surface area contributed by atoms with Gasteiger partial charge in [-0.3, -0.25) is 4.68 Å². The van der Waals surface area contributed by atoms with Gasteiger partial charge in [-0.15, -0.1) is 0 Å². The highest BCUT2D eigenvalue weighted by atomic mass is 15.3. The van der Waals surface area contributed by atoms with E-state index in [1.807, 2.05) is 29.3 Å². The fraction of sp³-hybridized carbons (Fsp3) is 0.375. The number of nitrogens with one attached hydrogen (secondary N) is 2. The number of rotatable bonds is 8. The lowest BCUT2D eigenvalue weighted by Gasteiger charge is -2.16. The average molecular weight is 418 g/mol. The van der Waals surface area contributed by atoms with Gasteiger partial charge in [0.2, 0.25) is 0 Å². The molecule has 1 fully saturated rings. The third-order valence-electron chi connectivity index (χ3n) is 5.46. The first kappa shape index (κ1) is 20.9. The Morgan fingerprint density at radius 2 is 1.87 bits per heavy atom. The van der Waals surface area contributed by atoms with Crippen LogP contribution in [0.2, 0.25) is 0 Å². The molecule has 2 N–H and O–H groups in total. The molecule has 1 aliphatic heterocycles. The van der Waals surface area contributed by atoms with E-state index in [-0.39, 0.29) is 0 Å². The van der Waals surface area contributed by atoms with Crippen LogP contribution in [0.15, 0.2) is 66.0 Å². The molecule has 4 rings (SSSR count). The SMILES string of the molecule is CCNC(=NCc1ccc(N2CCCC2)nc1)NCc1ccccc1Cn1cccn1. The Hall–Kier alpha value is -3.35. The molecule has 7 nitrogen and oxygen atoms in total. The third kappa shape index (κ3) is 5.84. The molecule has 3 heterocycles. The van der Waals surface area contributed by atoms with Crippen LogP contribution < -0.4 is 15.5 Å². The Morgan fingerprint density at radius 1 is 1.03 bits per heavy atom. The van der Waals surface area contributed by atoms with Gasteiger partial charge in [-0.2, -0.15) is 5.10 Å². The molecular formula is C24H31N7. The van der Waals surface area contributed by atoms with E-state index in [0.717, 1.165) is 43.5 Å². The number of pyridine rings is 1. The van der Waals surface area contributed by atoms with Gasteiger partial charge in [0, 0.05) is 44.8 Å². The number of anilines is 1. The van der Waals surface area contributed by atoms with Gasteiger partial charge < -0.3 is 15.5 Å². The van der Waals surface area contributed by atoms with E-state index >= 15 is 0 Å². The van der Waals surface area contributed by atoms with Gasteiger partial charge in [-0.05, 0) is 48.6 Å². The van der Waals surface area contributed by atoms with Crippen LogP contribution in [0.25, 0.3) is 0 Å². The van der Waals surface area contributed by atoms with E-state index in [0.29, 0.717) is 13.1 Å². The molecule has 1 aromatic carbocycles. The molecule has 2 aromatic heterocycles. The van der Waals surface area contributed by atoms with E-state index in [1.54, 1.807) is 0 Å². The monoisotopic (exact) mass is 417 g/mol. The Kier molecular flexibility index (Phi) is 7.16. The van der Waals surface area contributed by atoms with Crippen molar-refractivity contribution in [3.63, 3.8) is 0 Å². The molecule has 1 aliphatic rings. The molecule has 0 amide bonds. The fourth-order valence-corrected chi connectivity index (χ4v) is 3.79. The Labute approximate surface area is 184 Å². The summed E-state index contributed by atoms with van der Waals surface area (Å²) in [5.41, 5.74) is 3.59. The standard InChI is InChI=1S/C24H31N7/c1-2-25-24(27-17-20-10-11-23(26-16-20)30-13-5-6-14-30)28-18-21-8-3-4-9-22(21)19-31-15-7-12-29-31/h3-4,7-12,15-16H,2,5-6,13-14,17-19H2,1H3,(H2,25,27,28). The quantitative estimate of drug-likeness (QED) is 0.435. The molecule has 31 heavy (non-hydrogen) atoms. The number of aromatic nitrogens is 3. The lowest BCUT2D eigenvalue weighted by Crippen LogP contribution is -2.37. The molecule has 0 saturated carbocycles. The summed E-state index contributed by atoms with van der Waals surface area (Å²) in [7, 11) is 0. The largest absolute Gasteiger partial charge is 0.357 e. The highest BCUT2D eigenvalue weighted by molar-refractivity contribution is 5.79. The van der Waals surface area contributed by atoms with Gasteiger partial charge in [-0.1, -0.05) is 30.3 Å². The summed E-state index contributed by atoms with van der Waals surface area (Å²) in [5, 5.41) is 11.1. The number of nitrogens with zero attached hydrogens (tertiary/aromatic N) is 5. The predicted octanol–water partition coefficient (Wildman–Crippen LogP) is 3.18. The third-order valence-corrected chi connectivity index (χ3v) is 5.46. The molecule has 0 spiro atoms. The summed E-state index contributed by atoms with van der Waals surface area (Å²) in [6.45, 7) is 7.17. The molecule has 3 aromatic rings. The minimum Gasteiger partial charge on any atom is -0.357 e. The summed E-state index contributed by atoms with van der Waals surface area (Å²) >= 11 is 0. The van der Waals surface area contributed by atoms with Gasteiger partial charge in [-0.25, -0.2) is 9.98 Å². The lowest BCUT2D eigenvalue weighted by atomic mass is 10.1. The van der Waals surface area contributed by atoms with Crippen molar-refractivity contribution >= 4 is 11.8 Å². The average Bonchev–Trinajstić information content (AvgIpc) is 3.51. The molecule has 1 saturated heterocycles. The zero-order chi connectivity index (χ0) is 21.3. The highest BCUT2D eigenvalue weighted by Gasteiger charge is 2.13. The van der Waals surface area contributed by atoms with E-state index in [2.05, 4.69) is 68.9 Å². The first-order chi connectivity index (χ1) is 15.3. The Morgan fingerprint density at radius 3 is 2.58 bits per heavy atom. The van der Waals surface area contributed by atoms with Crippen molar-refractivity contribution in [3.05, 3.63) is 77.7 Å². The smallest absolute Gasteiger partial charge is 0.191 e. The maximum absolute atomic E-state index is 4.75. The normalized spacial score (nSPS) is 14.1. The van der Waals surface area contributed by atoms with Crippen molar-refractivity contribution in [3.8, 4) is 0 Å². The van der Waals surface area contributed by atoms with Gasteiger partial charge in [0.05, 0.1) is 13.1 Å². The van der Waals surface area contributed by atoms with Crippen LogP contribution in [0.5, 0.6) is 0 Å². The molecule has 0 aliphatic carbocycles. The summed E-state index contributed by atoms with van der Waals surface area (Å²) in [5.74, 6) is 1.88. The van der Waals surface area contributed by atoms with Crippen LogP contribution in [0.3, 0.4) is 0 Å². The van der Waals surface area contributed by atoms with Crippen LogP contribution in [-0.2, 0) is 19.6 Å². The maximum Gasteiger partial charge on any atom is 0.191 e. The second kappa shape index (κ2) is 10.6. The molecule has 0 unspecified atom stereocenters. The summed E-state index contributed by atoms with van der Waals surface area (Å²) < 4.78 is 1.94. The maximum atomic E-state index is 4.75. The highest BCUT2D eigenvalue weighted by Crippen LogP contribution is 2.17. The van der Waals surface area contributed by atoms with Crippen LogP contribution >= 0.6 is 0 Å². The molecule has 0 atom stereocenters. The summed E-state index contributed by atoms with van der Waals surface area (Å²) in [6, 6.07) is 14.6. The van der Waals surface area contributed by atoms with Crippen LogP contribution in [0.1, 0.15) is 36.5 Å². The second-order valence-electron chi connectivity index (χ2n) is 7.74. The fourth-order valence-electron chi connectivity index (χ4n) is 3.79. The van der Waals surface area contributed by atoms with Crippen molar-refractivity contribution < 1.29 is 0 Å². The molecule has 0 radical (unpaired) electrons. The number of aliphatic imine (C=N–C) groups is 1. The van der Waals surface area contributed by atoms with Crippen molar-refractivity contribution in [1.29, 1.82) is 0 Å². The van der Waals surface area contributed by atoms with E-state index in [4.69, 9.17) is 4.99 Å². The van der Waals surface area contributed by atoms with Crippen molar-refractivity contribution in [2.24, 2.45) is 4.99 Å². The number of benzene rings is 1. The summed E-state index contributed by atoms with van der Waals surface area (Å²) in [4.78, 5) is 11.7. The van der Waals surface area contributed by atoms with Crippen LogP contribution in [0.4, 0.5) is 5.82 Å². The van der Waals surface area contributed by atoms with E-state index in [1.165, 1.54) is 24.0 Å². The Balaban J connectivity index is 1.37. The van der Waals surface area contributed by atoms with Gasteiger partial charge in [0.1, 0.15) is 5.82 Å². The number of guanidine groups is 1. The number of hydrogen-bond acceptors (Lipinski definition) is 4. The van der Waals surface area contributed by atoms with Crippen LogP contribution in [-0.4, -0.2) is 40.4 Å². The Bertz CT molecular complexity index is 958. The minimum atomic E-state index is 0.595. The predicted molar refractivity (Wildman–Crippen MR) is 125 cm³/mol. The van der Waals surface area contributed by atoms with Crippen molar-refractivity contribution in [2.75, 3.05) is 24.5 Å². The minimum absolute atomic E-state index is 0.595. The van der Waals surface area contributed by atoms with E-state index in [9.17, 15) is 0 Å².